The summed E-state index contributed by atoms with van der Waals surface area (Å²) < 4.78 is 24.6. The van der Waals surface area contributed by atoms with Crippen LogP contribution in [0.1, 0.15) is 46.5 Å². The zero-order valence-electron chi connectivity index (χ0n) is 16.6. The SMILES string of the molecule is CC(C)[C@@H]1CC[C@@H](C)CC1OC(=O)[C@@H]1O[C@H](CC(=O)N=C(N)/C(F)=C\N)CS1. The van der Waals surface area contributed by atoms with E-state index in [9.17, 15) is 14.0 Å². The van der Waals surface area contributed by atoms with Crippen LogP contribution in [-0.2, 0) is 19.1 Å². The molecule has 158 valence electrons. The Morgan fingerprint density at radius 2 is 2.11 bits per heavy atom. The second kappa shape index (κ2) is 10.2. The van der Waals surface area contributed by atoms with Crippen molar-refractivity contribution in [3.05, 3.63) is 12.0 Å². The highest BCUT2D eigenvalue weighted by Gasteiger charge is 2.38. The number of rotatable bonds is 6. The average molecular weight is 416 g/mol. The third kappa shape index (κ3) is 6.20. The molecule has 2 rings (SSSR count). The van der Waals surface area contributed by atoms with Gasteiger partial charge in [-0.05, 0) is 30.6 Å². The quantitative estimate of drug-likeness (QED) is 0.389. The van der Waals surface area contributed by atoms with E-state index in [2.05, 4.69) is 25.8 Å². The van der Waals surface area contributed by atoms with Crippen molar-refractivity contribution in [2.24, 2.45) is 34.2 Å². The summed E-state index contributed by atoms with van der Waals surface area (Å²) in [6.07, 6.45) is 3.02. The Hall–Kier alpha value is -1.61. The first-order valence-electron chi connectivity index (χ1n) is 9.63. The average Bonchev–Trinajstić information content (AvgIpc) is 3.09. The van der Waals surface area contributed by atoms with E-state index >= 15 is 0 Å². The monoisotopic (exact) mass is 415 g/mol. The van der Waals surface area contributed by atoms with E-state index < -0.39 is 35.1 Å². The molecule has 0 radical (unpaired) electrons. The van der Waals surface area contributed by atoms with Crippen molar-refractivity contribution in [2.45, 2.75) is 64.1 Å². The molecule has 0 aromatic rings. The number of esters is 1. The number of nitrogens with two attached hydrogens (primary N) is 2. The third-order valence-corrected chi connectivity index (χ3v) is 6.38. The lowest BCUT2D eigenvalue weighted by molar-refractivity contribution is -0.165. The van der Waals surface area contributed by atoms with Crippen molar-refractivity contribution in [3.8, 4) is 0 Å². The molecule has 1 heterocycles. The number of thioether (sulfide) groups is 1. The number of halogens is 1. The van der Waals surface area contributed by atoms with Crippen molar-refractivity contribution in [3.63, 3.8) is 0 Å². The minimum atomic E-state index is -0.960. The Bertz CT molecular complexity index is 641. The Morgan fingerprint density at radius 3 is 2.75 bits per heavy atom. The van der Waals surface area contributed by atoms with E-state index in [0.717, 1.165) is 19.3 Å². The van der Waals surface area contributed by atoms with Crippen LogP contribution in [0.15, 0.2) is 17.0 Å². The Balaban J connectivity index is 1.87. The van der Waals surface area contributed by atoms with Gasteiger partial charge in [-0.1, -0.05) is 27.2 Å². The van der Waals surface area contributed by atoms with Crippen molar-refractivity contribution in [2.75, 3.05) is 5.75 Å². The zero-order chi connectivity index (χ0) is 20.8. The van der Waals surface area contributed by atoms with Crippen LogP contribution in [0, 0.1) is 17.8 Å². The first kappa shape index (κ1) is 22.7. The minimum absolute atomic E-state index is 0.0928. The number of ether oxygens (including phenoxy) is 2. The van der Waals surface area contributed by atoms with Gasteiger partial charge < -0.3 is 20.9 Å². The number of carbonyl (C=O) groups excluding carboxylic acids is 2. The summed E-state index contributed by atoms with van der Waals surface area (Å²) in [5.41, 5.74) is 9.55. The second-order valence-electron chi connectivity index (χ2n) is 7.83. The molecule has 2 aliphatic rings. The summed E-state index contributed by atoms with van der Waals surface area (Å²) >= 11 is 1.30. The van der Waals surface area contributed by atoms with Gasteiger partial charge in [0, 0.05) is 12.0 Å². The Kier molecular flexibility index (Phi) is 8.30. The van der Waals surface area contributed by atoms with Crippen LogP contribution in [0.4, 0.5) is 4.39 Å². The number of amidine groups is 1. The number of amides is 1. The molecule has 1 saturated heterocycles. The van der Waals surface area contributed by atoms with Gasteiger partial charge in [0.15, 0.2) is 11.7 Å². The minimum Gasteiger partial charge on any atom is -0.459 e. The van der Waals surface area contributed by atoms with Gasteiger partial charge in [-0.2, -0.15) is 4.99 Å². The molecule has 7 nitrogen and oxygen atoms in total. The number of aliphatic imine (C=N–C) groups is 1. The smallest absolute Gasteiger partial charge is 0.346 e. The van der Waals surface area contributed by atoms with Crippen LogP contribution >= 0.6 is 11.8 Å². The van der Waals surface area contributed by atoms with Crippen molar-refractivity contribution in [1.29, 1.82) is 0 Å². The van der Waals surface area contributed by atoms with Gasteiger partial charge in [0.05, 0.1) is 12.5 Å². The van der Waals surface area contributed by atoms with Gasteiger partial charge in [0.25, 0.3) is 0 Å². The highest BCUT2D eigenvalue weighted by atomic mass is 32.2. The van der Waals surface area contributed by atoms with E-state index in [0.29, 0.717) is 29.7 Å². The van der Waals surface area contributed by atoms with Crippen molar-refractivity contribution < 1.29 is 23.5 Å². The molecule has 9 heteroatoms. The first-order chi connectivity index (χ1) is 13.2. The molecule has 0 aromatic heterocycles. The summed E-state index contributed by atoms with van der Waals surface area (Å²) in [4.78, 5) is 27.9. The Labute approximate surface area is 169 Å². The molecule has 2 fully saturated rings. The number of carbonyl (C=O) groups is 2. The molecule has 0 bridgehead atoms. The molecule has 5 atom stereocenters. The fourth-order valence-corrected chi connectivity index (χ4v) is 4.66. The van der Waals surface area contributed by atoms with E-state index in [1.165, 1.54) is 11.8 Å². The standard InChI is InChI=1S/C19H30FN3O4S/c1-10(2)13-5-4-11(3)6-15(13)27-18(25)19-26-12(9-28-19)7-16(24)23-17(22)14(20)8-21/h8,10-13,15,19H,4-7,9,21H2,1-3H3,(H2,22,23,24)/b14-8+/t11-,12-,13+,15?,19-/m1/s1. The third-order valence-electron chi connectivity index (χ3n) is 5.21. The van der Waals surface area contributed by atoms with Crippen LogP contribution < -0.4 is 11.5 Å². The molecule has 0 aromatic carbocycles. The summed E-state index contributed by atoms with van der Waals surface area (Å²) in [5.74, 6) is -0.782. The predicted molar refractivity (Wildman–Crippen MR) is 107 cm³/mol. The molecule has 0 spiro atoms. The largest absolute Gasteiger partial charge is 0.459 e. The fourth-order valence-electron chi connectivity index (χ4n) is 3.65. The molecule has 1 aliphatic heterocycles. The summed E-state index contributed by atoms with van der Waals surface area (Å²) in [6.45, 7) is 6.48. The first-order valence-corrected chi connectivity index (χ1v) is 10.7. The summed E-state index contributed by atoms with van der Waals surface area (Å²) in [7, 11) is 0. The van der Waals surface area contributed by atoms with Crippen molar-refractivity contribution in [1.82, 2.24) is 0 Å². The van der Waals surface area contributed by atoms with Gasteiger partial charge in [0.1, 0.15) is 6.10 Å². The topological polar surface area (TPSA) is 117 Å². The van der Waals surface area contributed by atoms with E-state index in [1.807, 2.05) is 0 Å². The van der Waals surface area contributed by atoms with Crippen LogP contribution in [0.5, 0.6) is 0 Å². The second-order valence-corrected chi connectivity index (χ2v) is 8.93. The number of hydrogen-bond donors (Lipinski definition) is 2. The zero-order valence-corrected chi connectivity index (χ0v) is 17.4. The fraction of sp³-hybridized carbons (Fsp3) is 0.737. The van der Waals surface area contributed by atoms with Gasteiger partial charge >= 0.3 is 5.97 Å². The van der Waals surface area contributed by atoms with Gasteiger partial charge in [-0.3, -0.25) is 4.79 Å². The molecule has 1 unspecified atom stereocenters. The molecule has 1 saturated carbocycles. The van der Waals surface area contributed by atoms with E-state index in [-0.39, 0.29) is 12.5 Å². The maximum Gasteiger partial charge on any atom is 0.346 e. The van der Waals surface area contributed by atoms with E-state index in [1.54, 1.807) is 0 Å². The van der Waals surface area contributed by atoms with Gasteiger partial charge in [0.2, 0.25) is 11.3 Å². The van der Waals surface area contributed by atoms with Crippen LogP contribution in [0.25, 0.3) is 0 Å². The molecule has 4 N–H and O–H groups in total. The normalized spacial score (nSPS) is 31.8. The maximum absolute atomic E-state index is 13.1. The molecule has 1 amide bonds. The number of nitrogens with zero attached hydrogens (tertiary/aromatic N) is 1. The highest BCUT2D eigenvalue weighted by molar-refractivity contribution is 8.00. The van der Waals surface area contributed by atoms with Crippen LogP contribution in [0.3, 0.4) is 0 Å². The van der Waals surface area contributed by atoms with E-state index in [4.69, 9.17) is 20.9 Å². The molecule has 1 aliphatic carbocycles. The van der Waals surface area contributed by atoms with Crippen LogP contribution in [0.2, 0.25) is 0 Å². The van der Waals surface area contributed by atoms with Gasteiger partial charge in [-0.15, -0.1) is 11.8 Å². The Morgan fingerprint density at radius 1 is 1.39 bits per heavy atom. The summed E-state index contributed by atoms with van der Waals surface area (Å²) in [6, 6.07) is 0. The highest BCUT2D eigenvalue weighted by Crippen LogP contribution is 2.37. The predicted octanol–water partition coefficient (Wildman–Crippen LogP) is 2.49. The maximum atomic E-state index is 13.1. The lowest BCUT2D eigenvalue weighted by Crippen LogP contribution is -2.38. The lowest BCUT2D eigenvalue weighted by Gasteiger charge is -2.37. The molecular formula is C19H30FN3O4S. The number of hydrogen-bond acceptors (Lipinski definition) is 6. The van der Waals surface area contributed by atoms with Gasteiger partial charge in [-0.25, -0.2) is 9.18 Å². The van der Waals surface area contributed by atoms with Crippen LogP contribution in [-0.4, -0.2) is 41.1 Å². The molecular weight excluding hydrogens is 385 g/mol. The van der Waals surface area contributed by atoms with Crippen molar-refractivity contribution >= 4 is 29.5 Å². The summed E-state index contributed by atoms with van der Waals surface area (Å²) in [5, 5.41) is 0. The lowest BCUT2D eigenvalue weighted by atomic mass is 9.75. The molecule has 28 heavy (non-hydrogen) atoms.